The summed E-state index contributed by atoms with van der Waals surface area (Å²) in [6.07, 6.45) is -0.386. The Hall–Kier alpha value is -2.17. The molecule has 8 nitrogen and oxygen atoms in total. The van der Waals surface area contributed by atoms with E-state index in [4.69, 9.17) is 32.7 Å². The molecule has 0 N–H and O–H groups in total. The largest absolute Gasteiger partial charge is 0.449 e. The molecule has 0 spiro atoms. The second-order valence-electron chi connectivity index (χ2n) is 7.70. The zero-order chi connectivity index (χ0) is 23.8. The highest BCUT2D eigenvalue weighted by atomic mass is 35.5. The molecule has 2 aromatic rings. The van der Waals surface area contributed by atoms with Crippen LogP contribution >= 0.6 is 23.2 Å². The average molecular weight is 513 g/mol. The highest BCUT2D eigenvalue weighted by Crippen LogP contribution is 2.32. The smallest absolute Gasteiger partial charge is 0.340 e. The van der Waals surface area contributed by atoms with E-state index in [0.29, 0.717) is 13.0 Å². The lowest BCUT2D eigenvalue weighted by molar-refractivity contribution is -0.126. The number of carbonyl (C=O) groups excluding carboxylic acids is 2. The van der Waals surface area contributed by atoms with E-state index in [1.807, 2.05) is 24.3 Å². The lowest BCUT2D eigenvalue weighted by Crippen LogP contribution is -2.40. The second-order valence-corrected chi connectivity index (χ2v) is 10.4. The van der Waals surface area contributed by atoms with Gasteiger partial charge >= 0.3 is 5.97 Å². The van der Waals surface area contributed by atoms with Crippen molar-refractivity contribution < 1.29 is 27.5 Å². The highest BCUT2D eigenvalue weighted by Gasteiger charge is 2.33. The minimum Gasteiger partial charge on any atom is -0.449 e. The van der Waals surface area contributed by atoms with Gasteiger partial charge in [0.15, 0.2) is 6.10 Å². The third-order valence-electron chi connectivity index (χ3n) is 5.61. The van der Waals surface area contributed by atoms with E-state index < -0.39 is 22.1 Å². The molecule has 2 aromatic carbocycles. The monoisotopic (exact) mass is 512 g/mol. The van der Waals surface area contributed by atoms with Crippen molar-refractivity contribution in [1.82, 2.24) is 4.31 Å². The third kappa shape index (κ3) is 4.74. The zero-order valence-electron chi connectivity index (χ0n) is 17.8. The first-order valence-corrected chi connectivity index (χ1v) is 12.6. The summed E-state index contributed by atoms with van der Waals surface area (Å²) >= 11 is 12.3. The molecule has 11 heteroatoms. The van der Waals surface area contributed by atoms with Crippen molar-refractivity contribution in [3.63, 3.8) is 0 Å². The van der Waals surface area contributed by atoms with Crippen molar-refractivity contribution in [3.05, 3.63) is 57.6 Å². The second kappa shape index (κ2) is 9.60. The number of amides is 1. The molecular weight excluding hydrogens is 491 g/mol. The number of para-hydroxylation sites is 1. The number of nitrogens with zero attached hydrogens (tertiary/aromatic N) is 2. The maximum atomic E-state index is 13.0. The Kier molecular flexibility index (Phi) is 6.97. The SMILES string of the molecule is C[C@H](OC(=O)c1cc(S(=O)(=O)N2CCOCC2)c(Cl)cc1Cl)C(=O)N1CCc2ccccc21. The summed E-state index contributed by atoms with van der Waals surface area (Å²) in [5, 5.41) is -0.182. The van der Waals surface area contributed by atoms with Crippen molar-refractivity contribution in [1.29, 1.82) is 0 Å². The fraction of sp³-hybridized carbons (Fsp3) is 0.364. The van der Waals surface area contributed by atoms with Gasteiger partial charge < -0.3 is 14.4 Å². The molecule has 0 bridgehead atoms. The van der Waals surface area contributed by atoms with E-state index >= 15 is 0 Å². The van der Waals surface area contributed by atoms with E-state index in [-0.39, 0.29) is 52.7 Å². The molecule has 0 saturated carbocycles. The molecule has 1 saturated heterocycles. The van der Waals surface area contributed by atoms with E-state index in [1.165, 1.54) is 17.3 Å². The topological polar surface area (TPSA) is 93.2 Å². The molecule has 0 aromatic heterocycles. The first-order chi connectivity index (χ1) is 15.7. The standard InChI is InChI=1S/C22H22Cl2N2O6S/c1-14(21(27)26-7-6-15-4-2-3-5-19(15)26)32-22(28)16-12-20(18(24)13-17(16)23)33(29,30)25-8-10-31-11-9-25/h2-5,12-14H,6-11H2,1H3/t14-/m0/s1. The summed E-state index contributed by atoms with van der Waals surface area (Å²) in [5.41, 5.74) is 1.64. The summed E-state index contributed by atoms with van der Waals surface area (Å²) < 4.78 is 37.9. The van der Waals surface area contributed by atoms with Crippen LogP contribution < -0.4 is 4.90 Å². The van der Waals surface area contributed by atoms with Crippen LogP contribution in [-0.4, -0.2) is 63.6 Å². The Morgan fingerprint density at radius 2 is 1.76 bits per heavy atom. The Bertz CT molecular complexity index is 1200. The van der Waals surface area contributed by atoms with E-state index in [1.54, 1.807) is 4.90 Å². The quantitative estimate of drug-likeness (QED) is 0.571. The van der Waals surface area contributed by atoms with Crippen LogP contribution in [0, 0.1) is 0 Å². The molecule has 2 heterocycles. The third-order valence-corrected chi connectivity index (χ3v) is 8.29. The average Bonchev–Trinajstić information content (AvgIpc) is 3.23. The molecule has 1 atom stereocenters. The molecule has 0 unspecified atom stereocenters. The number of esters is 1. The maximum absolute atomic E-state index is 13.0. The first kappa shape index (κ1) is 24.0. The van der Waals surface area contributed by atoms with Crippen LogP contribution in [0.25, 0.3) is 0 Å². The van der Waals surface area contributed by atoms with Gasteiger partial charge in [-0.2, -0.15) is 4.31 Å². The van der Waals surface area contributed by atoms with Gasteiger partial charge in [-0.25, -0.2) is 13.2 Å². The van der Waals surface area contributed by atoms with Gasteiger partial charge in [-0.05, 0) is 37.1 Å². The summed E-state index contributed by atoms with van der Waals surface area (Å²) in [6, 6.07) is 9.82. The summed E-state index contributed by atoms with van der Waals surface area (Å²) in [5.74, 6) is -1.29. The van der Waals surface area contributed by atoms with Crippen molar-refractivity contribution in [2.45, 2.75) is 24.3 Å². The zero-order valence-corrected chi connectivity index (χ0v) is 20.1. The van der Waals surface area contributed by atoms with Crippen LogP contribution in [0.5, 0.6) is 0 Å². The van der Waals surface area contributed by atoms with Gasteiger partial charge in [-0.15, -0.1) is 0 Å². The maximum Gasteiger partial charge on any atom is 0.340 e. The lowest BCUT2D eigenvalue weighted by atomic mass is 10.2. The molecule has 0 aliphatic carbocycles. The van der Waals surface area contributed by atoms with Crippen molar-refractivity contribution >= 4 is 50.8 Å². The molecule has 176 valence electrons. The molecule has 4 rings (SSSR count). The number of benzene rings is 2. The van der Waals surface area contributed by atoms with E-state index in [2.05, 4.69) is 0 Å². The van der Waals surface area contributed by atoms with E-state index in [0.717, 1.165) is 17.3 Å². The Labute approximate surface area is 202 Å². The molecule has 33 heavy (non-hydrogen) atoms. The van der Waals surface area contributed by atoms with Gasteiger partial charge in [0.1, 0.15) is 4.90 Å². The predicted molar refractivity (Wildman–Crippen MR) is 123 cm³/mol. The van der Waals surface area contributed by atoms with Crippen LogP contribution in [0.4, 0.5) is 5.69 Å². The molecule has 0 radical (unpaired) electrons. The van der Waals surface area contributed by atoms with Crippen molar-refractivity contribution in [2.75, 3.05) is 37.7 Å². The summed E-state index contributed by atoms with van der Waals surface area (Å²) in [4.78, 5) is 27.1. The number of ether oxygens (including phenoxy) is 2. The number of hydrogen-bond acceptors (Lipinski definition) is 6. The van der Waals surface area contributed by atoms with Gasteiger partial charge in [-0.1, -0.05) is 41.4 Å². The van der Waals surface area contributed by atoms with Crippen LogP contribution in [-0.2, 0) is 30.7 Å². The Morgan fingerprint density at radius 3 is 2.48 bits per heavy atom. The highest BCUT2D eigenvalue weighted by molar-refractivity contribution is 7.89. The Morgan fingerprint density at radius 1 is 1.06 bits per heavy atom. The van der Waals surface area contributed by atoms with Crippen LogP contribution in [0.1, 0.15) is 22.8 Å². The van der Waals surface area contributed by atoms with Crippen LogP contribution in [0.2, 0.25) is 10.0 Å². The van der Waals surface area contributed by atoms with Gasteiger partial charge in [0.2, 0.25) is 10.0 Å². The fourth-order valence-corrected chi connectivity index (χ4v) is 6.10. The molecular formula is C22H22Cl2N2O6S. The van der Waals surface area contributed by atoms with Gasteiger partial charge in [-0.3, -0.25) is 4.79 Å². The lowest BCUT2D eigenvalue weighted by Gasteiger charge is -2.26. The van der Waals surface area contributed by atoms with Crippen molar-refractivity contribution in [2.24, 2.45) is 0 Å². The van der Waals surface area contributed by atoms with Crippen LogP contribution in [0.3, 0.4) is 0 Å². The van der Waals surface area contributed by atoms with Gasteiger partial charge in [0.05, 0.1) is 28.8 Å². The number of anilines is 1. The number of fused-ring (bicyclic) bond motifs is 1. The molecule has 1 amide bonds. The molecule has 2 aliphatic rings. The van der Waals surface area contributed by atoms with Gasteiger partial charge in [0.25, 0.3) is 5.91 Å². The summed E-state index contributed by atoms with van der Waals surface area (Å²) in [6.45, 7) is 2.82. The van der Waals surface area contributed by atoms with Crippen molar-refractivity contribution in [3.8, 4) is 0 Å². The minimum atomic E-state index is -3.98. The predicted octanol–water partition coefficient (Wildman–Crippen LogP) is 3.15. The number of hydrogen-bond donors (Lipinski definition) is 0. The normalized spacial score (nSPS) is 17.5. The number of halogens is 2. The first-order valence-electron chi connectivity index (χ1n) is 10.4. The Balaban J connectivity index is 1.55. The van der Waals surface area contributed by atoms with E-state index in [9.17, 15) is 18.0 Å². The minimum absolute atomic E-state index is 0.0721. The molecule has 1 fully saturated rings. The number of rotatable bonds is 5. The number of morpholine rings is 1. The summed E-state index contributed by atoms with van der Waals surface area (Å²) in [7, 11) is -3.98. The number of sulfonamides is 1. The fourth-order valence-electron chi connectivity index (χ4n) is 3.87. The molecule has 2 aliphatic heterocycles. The number of carbonyl (C=O) groups is 2. The van der Waals surface area contributed by atoms with Gasteiger partial charge in [0, 0.05) is 25.3 Å². The van der Waals surface area contributed by atoms with Crippen LogP contribution in [0.15, 0.2) is 41.3 Å².